The van der Waals surface area contributed by atoms with Crippen molar-refractivity contribution in [3.8, 4) is 5.75 Å². The molecule has 3 nitrogen and oxygen atoms in total. The molecule has 0 atom stereocenters. The lowest BCUT2D eigenvalue weighted by Crippen LogP contribution is -2.01. The number of phenolic OH excluding ortho intramolecular Hbond substituents is 1. The van der Waals surface area contributed by atoms with Crippen LogP contribution in [0, 0.1) is 0 Å². The van der Waals surface area contributed by atoms with E-state index in [9.17, 15) is 9.90 Å². The molecule has 1 N–H and O–H groups in total. The molecule has 0 saturated carbocycles. The molecular weight excluding hydrogens is 340 g/mol. The Hall–Kier alpha value is -0.810. The van der Waals surface area contributed by atoms with E-state index in [1.807, 2.05) is 0 Å². The van der Waals surface area contributed by atoms with E-state index in [4.69, 9.17) is 4.74 Å². The second kappa shape index (κ2) is 6.06. The summed E-state index contributed by atoms with van der Waals surface area (Å²) in [6.07, 6.45) is 2.96. The standard InChI is InChI=1S/C11H10Br2O3/c1-2-3-11(15)16-6-8-9(12)4-7(14)5-10(8)13/h2-5,14H,6H2,1H3/b3-2+. The number of hydrogen-bond donors (Lipinski definition) is 1. The molecule has 0 aliphatic carbocycles. The number of carbonyl (C=O) groups excluding carboxylic acids is 1. The molecule has 1 aromatic rings. The number of ether oxygens (including phenoxy) is 1. The van der Waals surface area contributed by atoms with Gasteiger partial charge in [-0.1, -0.05) is 37.9 Å². The van der Waals surface area contributed by atoms with Crippen LogP contribution in [0.5, 0.6) is 5.75 Å². The van der Waals surface area contributed by atoms with Crippen LogP contribution < -0.4 is 0 Å². The number of esters is 1. The van der Waals surface area contributed by atoms with Crippen molar-refractivity contribution in [2.24, 2.45) is 0 Å². The summed E-state index contributed by atoms with van der Waals surface area (Å²) in [5.74, 6) is -0.253. The average Bonchev–Trinajstić information content (AvgIpc) is 2.16. The number of rotatable bonds is 3. The third-order valence-electron chi connectivity index (χ3n) is 1.79. The van der Waals surface area contributed by atoms with Crippen LogP contribution in [0.1, 0.15) is 12.5 Å². The second-order valence-corrected chi connectivity index (χ2v) is 4.70. The van der Waals surface area contributed by atoms with Gasteiger partial charge in [0, 0.05) is 20.6 Å². The van der Waals surface area contributed by atoms with Crippen LogP contribution in [-0.2, 0) is 16.1 Å². The first-order valence-electron chi connectivity index (χ1n) is 4.51. The highest BCUT2D eigenvalue weighted by atomic mass is 79.9. The summed E-state index contributed by atoms with van der Waals surface area (Å²) in [5.41, 5.74) is 0.774. The fraction of sp³-hybridized carbons (Fsp3) is 0.182. The fourth-order valence-corrected chi connectivity index (χ4v) is 2.45. The van der Waals surface area contributed by atoms with Gasteiger partial charge >= 0.3 is 5.97 Å². The Morgan fingerprint density at radius 1 is 1.44 bits per heavy atom. The van der Waals surface area contributed by atoms with Crippen molar-refractivity contribution < 1.29 is 14.6 Å². The van der Waals surface area contributed by atoms with Gasteiger partial charge in [-0.3, -0.25) is 0 Å². The van der Waals surface area contributed by atoms with Crippen LogP contribution in [0.25, 0.3) is 0 Å². The minimum Gasteiger partial charge on any atom is -0.508 e. The Bertz CT molecular complexity index is 404. The van der Waals surface area contributed by atoms with E-state index in [0.717, 1.165) is 5.56 Å². The van der Waals surface area contributed by atoms with Crippen molar-refractivity contribution in [3.63, 3.8) is 0 Å². The maximum absolute atomic E-state index is 11.1. The largest absolute Gasteiger partial charge is 0.508 e. The molecular formula is C11H10Br2O3. The summed E-state index contributed by atoms with van der Waals surface area (Å²) >= 11 is 6.58. The zero-order chi connectivity index (χ0) is 12.1. The third kappa shape index (κ3) is 3.64. The summed E-state index contributed by atoms with van der Waals surface area (Å²) in [4.78, 5) is 11.1. The number of allylic oxidation sites excluding steroid dienone is 1. The molecule has 0 aromatic heterocycles. The highest BCUT2D eigenvalue weighted by molar-refractivity contribution is 9.11. The Kier molecular flexibility index (Phi) is 5.02. The molecule has 0 aliphatic rings. The van der Waals surface area contributed by atoms with E-state index in [1.54, 1.807) is 25.1 Å². The molecule has 5 heteroatoms. The van der Waals surface area contributed by atoms with Gasteiger partial charge in [0.25, 0.3) is 0 Å². The Morgan fingerprint density at radius 2 is 2.00 bits per heavy atom. The van der Waals surface area contributed by atoms with E-state index in [2.05, 4.69) is 31.9 Å². The predicted octanol–water partition coefficient (Wildman–Crippen LogP) is 3.54. The summed E-state index contributed by atoms with van der Waals surface area (Å²) in [5, 5.41) is 9.30. The fourth-order valence-electron chi connectivity index (χ4n) is 1.06. The Morgan fingerprint density at radius 3 is 2.50 bits per heavy atom. The summed E-state index contributed by atoms with van der Waals surface area (Å²) < 4.78 is 6.38. The Balaban J connectivity index is 2.78. The molecule has 1 rings (SSSR count). The van der Waals surface area contributed by atoms with Gasteiger partial charge in [0.1, 0.15) is 12.4 Å². The quantitative estimate of drug-likeness (QED) is 0.670. The molecule has 0 unspecified atom stereocenters. The zero-order valence-electron chi connectivity index (χ0n) is 8.54. The van der Waals surface area contributed by atoms with E-state index in [0.29, 0.717) is 8.95 Å². The average molecular weight is 350 g/mol. The number of phenols is 1. The van der Waals surface area contributed by atoms with Gasteiger partial charge in [-0.05, 0) is 19.1 Å². The zero-order valence-corrected chi connectivity index (χ0v) is 11.7. The van der Waals surface area contributed by atoms with Crippen molar-refractivity contribution in [2.75, 3.05) is 0 Å². The molecule has 0 bridgehead atoms. The van der Waals surface area contributed by atoms with Gasteiger partial charge in [-0.15, -0.1) is 0 Å². The topological polar surface area (TPSA) is 46.5 Å². The smallest absolute Gasteiger partial charge is 0.330 e. The lowest BCUT2D eigenvalue weighted by molar-refractivity contribution is -0.139. The summed E-state index contributed by atoms with van der Waals surface area (Å²) in [6, 6.07) is 3.09. The van der Waals surface area contributed by atoms with Gasteiger partial charge < -0.3 is 9.84 Å². The van der Waals surface area contributed by atoms with Gasteiger partial charge in [0.2, 0.25) is 0 Å². The van der Waals surface area contributed by atoms with Crippen LogP contribution in [0.15, 0.2) is 33.2 Å². The van der Waals surface area contributed by atoms with E-state index < -0.39 is 5.97 Å². The van der Waals surface area contributed by atoms with Gasteiger partial charge in [-0.2, -0.15) is 0 Å². The molecule has 0 aliphatic heterocycles. The maximum Gasteiger partial charge on any atom is 0.330 e. The van der Waals surface area contributed by atoms with Crippen molar-refractivity contribution >= 4 is 37.8 Å². The predicted molar refractivity (Wildman–Crippen MR) is 68.1 cm³/mol. The second-order valence-electron chi connectivity index (χ2n) is 3.00. The Labute approximate surface area is 110 Å². The number of carbonyl (C=O) groups is 1. The molecule has 0 fully saturated rings. The van der Waals surface area contributed by atoms with Crippen molar-refractivity contribution in [1.29, 1.82) is 0 Å². The number of aromatic hydroxyl groups is 1. The van der Waals surface area contributed by atoms with Crippen molar-refractivity contribution in [1.82, 2.24) is 0 Å². The van der Waals surface area contributed by atoms with Crippen LogP contribution in [-0.4, -0.2) is 11.1 Å². The highest BCUT2D eigenvalue weighted by Gasteiger charge is 2.09. The number of halogens is 2. The lowest BCUT2D eigenvalue weighted by Gasteiger charge is -2.08. The normalized spacial score (nSPS) is 10.7. The molecule has 0 amide bonds. The SMILES string of the molecule is C/C=C/C(=O)OCc1c(Br)cc(O)cc1Br. The molecule has 86 valence electrons. The summed E-state index contributed by atoms with van der Waals surface area (Å²) in [7, 11) is 0. The first kappa shape index (κ1) is 13.3. The third-order valence-corrected chi connectivity index (χ3v) is 3.20. The monoisotopic (exact) mass is 348 g/mol. The van der Waals surface area contributed by atoms with E-state index in [1.165, 1.54) is 6.08 Å². The minimum absolute atomic E-state index is 0.141. The van der Waals surface area contributed by atoms with Crippen molar-refractivity contribution in [3.05, 3.63) is 38.8 Å². The molecule has 0 heterocycles. The first-order chi connectivity index (χ1) is 7.54. The van der Waals surface area contributed by atoms with Gasteiger partial charge in [0.05, 0.1) is 0 Å². The molecule has 0 spiro atoms. The van der Waals surface area contributed by atoms with Crippen LogP contribution in [0.4, 0.5) is 0 Å². The molecule has 0 saturated heterocycles. The van der Waals surface area contributed by atoms with Gasteiger partial charge in [-0.25, -0.2) is 4.79 Å². The van der Waals surface area contributed by atoms with E-state index >= 15 is 0 Å². The first-order valence-corrected chi connectivity index (χ1v) is 6.09. The number of benzene rings is 1. The summed E-state index contributed by atoms with van der Waals surface area (Å²) in [6.45, 7) is 1.89. The lowest BCUT2D eigenvalue weighted by atomic mass is 10.2. The van der Waals surface area contributed by atoms with Crippen LogP contribution >= 0.6 is 31.9 Å². The van der Waals surface area contributed by atoms with Crippen LogP contribution in [0.3, 0.4) is 0 Å². The highest BCUT2D eigenvalue weighted by Crippen LogP contribution is 2.30. The molecule has 16 heavy (non-hydrogen) atoms. The van der Waals surface area contributed by atoms with Crippen molar-refractivity contribution in [2.45, 2.75) is 13.5 Å². The minimum atomic E-state index is -0.394. The van der Waals surface area contributed by atoms with Crippen LogP contribution in [0.2, 0.25) is 0 Å². The van der Waals surface area contributed by atoms with E-state index in [-0.39, 0.29) is 12.4 Å². The number of hydrogen-bond acceptors (Lipinski definition) is 3. The molecule has 1 aromatic carbocycles. The molecule has 0 radical (unpaired) electrons. The maximum atomic E-state index is 11.1. The van der Waals surface area contributed by atoms with Gasteiger partial charge in [0.15, 0.2) is 0 Å².